The molecule has 0 bridgehead atoms. The number of nitrogens with one attached hydrogen (secondary N) is 3. The number of aliphatic imine (C=N–C) groups is 1. The van der Waals surface area contributed by atoms with Gasteiger partial charge in [-0.15, -0.1) is 0 Å². The van der Waals surface area contributed by atoms with Crippen molar-refractivity contribution < 1.29 is 9.18 Å². The molecule has 7 heteroatoms. The molecule has 0 unspecified atom stereocenters. The van der Waals surface area contributed by atoms with Crippen molar-refractivity contribution in [1.82, 2.24) is 16.0 Å². The average molecular weight is 403 g/mol. The van der Waals surface area contributed by atoms with Crippen LogP contribution in [0.5, 0.6) is 0 Å². The zero-order valence-corrected chi connectivity index (χ0v) is 16.5. The summed E-state index contributed by atoms with van der Waals surface area (Å²) < 4.78 is 13.5. The van der Waals surface area contributed by atoms with Crippen molar-refractivity contribution in [2.24, 2.45) is 4.99 Å². The molecular formula is C21H24ClFN4O. The smallest absolute Gasteiger partial charge is 0.252 e. The lowest BCUT2D eigenvalue weighted by Gasteiger charge is -2.19. The molecule has 2 aromatic rings. The predicted octanol–water partition coefficient (Wildman–Crippen LogP) is 3.11. The van der Waals surface area contributed by atoms with Crippen LogP contribution in [0.15, 0.2) is 53.5 Å². The maximum absolute atomic E-state index is 13.5. The van der Waals surface area contributed by atoms with Crippen LogP contribution in [0.4, 0.5) is 4.39 Å². The van der Waals surface area contributed by atoms with Crippen LogP contribution in [0.25, 0.3) is 0 Å². The van der Waals surface area contributed by atoms with Crippen LogP contribution >= 0.6 is 11.6 Å². The summed E-state index contributed by atoms with van der Waals surface area (Å²) in [7, 11) is 1.69. The molecule has 1 aliphatic rings. The summed E-state index contributed by atoms with van der Waals surface area (Å²) in [5.41, 5.74) is 1.44. The summed E-state index contributed by atoms with van der Waals surface area (Å²) in [6, 6.07) is 13.7. The first-order chi connectivity index (χ1) is 13.5. The van der Waals surface area contributed by atoms with Gasteiger partial charge < -0.3 is 16.0 Å². The summed E-state index contributed by atoms with van der Waals surface area (Å²) in [6.45, 7) is 1.63. The van der Waals surface area contributed by atoms with Crippen molar-refractivity contribution >= 4 is 23.5 Å². The van der Waals surface area contributed by atoms with Crippen molar-refractivity contribution in [3.63, 3.8) is 0 Å². The molecule has 2 aromatic carbocycles. The molecule has 148 valence electrons. The summed E-state index contributed by atoms with van der Waals surface area (Å²) in [5.74, 6) is 0.230. The molecule has 0 aliphatic heterocycles. The zero-order valence-electron chi connectivity index (χ0n) is 15.8. The molecule has 0 saturated heterocycles. The molecule has 3 rings (SSSR count). The standard InChI is InChI=1S/C21H24ClFN4O/c1-24-20(26-12-11-25-19(28)17-7-2-3-8-18(17)22)27-14-21(9-10-21)15-5-4-6-16(23)13-15/h2-8,13H,9-12,14H2,1H3,(H,25,28)(H2,24,26,27). The molecule has 28 heavy (non-hydrogen) atoms. The van der Waals surface area contributed by atoms with E-state index < -0.39 is 0 Å². The molecular weight excluding hydrogens is 379 g/mol. The number of halogens is 2. The number of nitrogens with zero attached hydrogens (tertiary/aromatic N) is 1. The summed E-state index contributed by atoms with van der Waals surface area (Å²) in [5, 5.41) is 9.73. The lowest BCUT2D eigenvalue weighted by atomic mass is 9.96. The molecule has 1 aliphatic carbocycles. The van der Waals surface area contributed by atoms with Crippen LogP contribution in [0.1, 0.15) is 28.8 Å². The third-order valence-electron chi connectivity index (χ3n) is 4.93. The second-order valence-electron chi connectivity index (χ2n) is 6.88. The van der Waals surface area contributed by atoms with Gasteiger partial charge in [0.2, 0.25) is 0 Å². The van der Waals surface area contributed by atoms with Crippen LogP contribution in [0.3, 0.4) is 0 Å². The topological polar surface area (TPSA) is 65.5 Å². The SMILES string of the molecule is CN=C(NCCNC(=O)c1ccccc1Cl)NCC1(c2cccc(F)c2)CC1. The Morgan fingerprint density at radius 3 is 2.54 bits per heavy atom. The highest BCUT2D eigenvalue weighted by atomic mass is 35.5. The molecule has 5 nitrogen and oxygen atoms in total. The normalized spacial score (nSPS) is 15.0. The minimum atomic E-state index is -0.210. The molecule has 0 atom stereocenters. The maximum Gasteiger partial charge on any atom is 0.252 e. The molecule has 1 amide bonds. The average Bonchev–Trinajstić information content (AvgIpc) is 3.49. The fourth-order valence-electron chi connectivity index (χ4n) is 3.11. The number of guanidine groups is 1. The Hall–Kier alpha value is -2.60. The lowest BCUT2D eigenvalue weighted by molar-refractivity contribution is 0.0954. The van der Waals surface area contributed by atoms with Gasteiger partial charge in [-0.1, -0.05) is 35.9 Å². The first-order valence-corrected chi connectivity index (χ1v) is 9.65. The van der Waals surface area contributed by atoms with Crippen LogP contribution in [-0.4, -0.2) is 38.5 Å². The Morgan fingerprint density at radius 2 is 1.86 bits per heavy atom. The molecule has 0 heterocycles. The quantitative estimate of drug-likeness (QED) is 0.379. The Labute approximate surface area is 169 Å². The number of benzene rings is 2. The van der Waals surface area contributed by atoms with Gasteiger partial charge in [0.1, 0.15) is 5.82 Å². The van der Waals surface area contributed by atoms with E-state index in [4.69, 9.17) is 11.6 Å². The first kappa shape index (κ1) is 20.1. The second-order valence-corrected chi connectivity index (χ2v) is 7.29. The molecule has 1 fully saturated rings. The van der Waals surface area contributed by atoms with E-state index in [0.717, 1.165) is 18.4 Å². The van der Waals surface area contributed by atoms with Gasteiger partial charge in [0.15, 0.2) is 5.96 Å². The second kappa shape index (κ2) is 9.06. The number of hydrogen-bond donors (Lipinski definition) is 3. The van der Waals surface area contributed by atoms with E-state index in [9.17, 15) is 9.18 Å². The minimum absolute atomic E-state index is 0.0298. The van der Waals surface area contributed by atoms with Crippen molar-refractivity contribution in [3.8, 4) is 0 Å². The Morgan fingerprint density at radius 1 is 1.11 bits per heavy atom. The molecule has 3 N–H and O–H groups in total. The fraction of sp³-hybridized carbons (Fsp3) is 0.333. The van der Waals surface area contributed by atoms with Gasteiger partial charge in [-0.25, -0.2) is 4.39 Å². The highest BCUT2D eigenvalue weighted by Crippen LogP contribution is 2.47. The van der Waals surface area contributed by atoms with Crippen LogP contribution < -0.4 is 16.0 Å². The molecule has 0 radical (unpaired) electrons. The van der Waals surface area contributed by atoms with Crippen molar-refractivity contribution in [2.75, 3.05) is 26.7 Å². The van der Waals surface area contributed by atoms with Gasteiger partial charge in [0, 0.05) is 32.1 Å². The molecule has 0 aromatic heterocycles. The maximum atomic E-state index is 13.5. The summed E-state index contributed by atoms with van der Waals surface area (Å²) in [6.07, 6.45) is 2.04. The Kier molecular flexibility index (Phi) is 6.52. The summed E-state index contributed by atoms with van der Waals surface area (Å²) >= 11 is 6.03. The molecule has 1 saturated carbocycles. The third-order valence-corrected chi connectivity index (χ3v) is 5.26. The number of carbonyl (C=O) groups excluding carboxylic acids is 1. The number of rotatable bonds is 7. The highest BCUT2D eigenvalue weighted by Gasteiger charge is 2.44. The number of hydrogen-bond acceptors (Lipinski definition) is 2. The van der Waals surface area contributed by atoms with Crippen LogP contribution in [0.2, 0.25) is 5.02 Å². The summed E-state index contributed by atoms with van der Waals surface area (Å²) in [4.78, 5) is 16.3. The van der Waals surface area contributed by atoms with Crippen molar-refractivity contribution in [1.29, 1.82) is 0 Å². The van der Waals surface area contributed by atoms with E-state index in [2.05, 4.69) is 20.9 Å². The largest absolute Gasteiger partial charge is 0.356 e. The van der Waals surface area contributed by atoms with Gasteiger partial charge in [-0.05, 0) is 42.7 Å². The zero-order chi connectivity index (χ0) is 20.0. The Bertz CT molecular complexity index is 867. The van der Waals surface area contributed by atoms with Gasteiger partial charge >= 0.3 is 0 Å². The monoisotopic (exact) mass is 402 g/mol. The van der Waals surface area contributed by atoms with Crippen LogP contribution in [0, 0.1) is 5.82 Å². The Balaban J connectivity index is 1.43. The predicted molar refractivity (Wildman–Crippen MR) is 110 cm³/mol. The van der Waals surface area contributed by atoms with Crippen LogP contribution in [-0.2, 0) is 5.41 Å². The lowest BCUT2D eigenvalue weighted by Crippen LogP contribution is -2.44. The first-order valence-electron chi connectivity index (χ1n) is 9.27. The number of carbonyl (C=O) groups is 1. The van der Waals surface area contributed by atoms with E-state index in [1.54, 1.807) is 43.4 Å². The van der Waals surface area contributed by atoms with Gasteiger partial charge in [0.25, 0.3) is 5.91 Å². The third kappa shape index (κ3) is 5.01. The van der Waals surface area contributed by atoms with Crippen molar-refractivity contribution in [2.45, 2.75) is 18.3 Å². The number of amides is 1. The van der Waals surface area contributed by atoms with Gasteiger partial charge in [-0.2, -0.15) is 0 Å². The minimum Gasteiger partial charge on any atom is -0.356 e. The molecule has 0 spiro atoms. The van der Waals surface area contributed by atoms with Gasteiger partial charge in [-0.3, -0.25) is 9.79 Å². The van der Waals surface area contributed by atoms with E-state index >= 15 is 0 Å². The van der Waals surface area contributed by atoms with E-state index in [-0.39, 0.29) is 17.1 Å². The van der Waals surface area contributed by atoms with Gasteiger partial charge in [0.05, 0.1) is 10.6 Å². The van der Waals surface area contributed by atoms with Crippen molar-refractivity contribution in [3.05, 3.63) is 70.5 Å². The van der Waals surface area contributed by atoms with E-state index in [0.29, 0.717) is 36.2 Å². The fourth-order valence-corrected chi connectivity index (χ4v) is 3.33. The van der Waals surface area contributed by atoms with E-state index in [1.807, 2.05) is 6.07 Å². The highest BCUT2D eigenvalue weighted by molar-refractivity contribution is 6.33. The van der Waals surface area contributed by atoms with E-state index in [1.165, 1.54) is 6.07 Å².